The van der Waals surface area contributed by atoms with Crippen molar-refractivity contribution in [2.24, 2.45) is 0 Å². The van der Waals surface area contributed by atoms with Crippen LogP contribution in [0.3, 0.4) is 0 Å². The Hall–Kier alpha value is -3.92. The molecule has 0 saturated heterocycles. The van der Waals surface area contributed by atoms with Gasteiger partial charge in [-0.3, -0.25) is 14.9 Å². The van der Waals surface area contributed by atoms with E-state index < -0.39 is 12.0 Å². The second-order valence-electron chi connectivity index (χ2n) is 8.89. The van der Waals surface area contributed by atoms with E-state index in [1.165, 1.54) is 0 Å². The summed E-state index contributed by atoms with van der Waals surface area (Å²) in [5.74, 6) is 0.150. The first-order valence-corrected chi connectivity index (χ1v) is 14.3. The summed E-state index contributed by atoms with van der Waals surface area (Å²) in [6.07, 6.45) is -0.0532. The SMILES string of the molecule is CC(Oc1ccccc1Cl)C(=O)Nc1ccc(NC(=S)NC(=O)c2cc(Br)ccc2OCCc2ccccc2)cc1. The van der Waals surface area contributed by atoms with Gasteiger partial charge < -0.3 is 20.1 Å². The van der Waals surface area contributed by atoms with Gasteiger partial charge in [0.2, 0.25) is 0 Å². The molecule has 0 aliphatic carbocycles. The van der Waals surface area contributed by atoms with Crippen molar-refractivity contribution >= 4 is 68.1 Å². The number of ether oxygens (including phenoxy) is 2. The van der Waals surface area contributed by atoms with Gasteiger partial charge in [0.15, 0.2) is 11.2 Å². The lowest BCUT2D eigenvalue weighted by molar-refractivity contribution is -0.122. The quantitative estimate of drug-likeness (QED) is 0.156. The molecule has 0 aromatic heterocycles. The fourth-order valence-electron chi connectivity index (χ4n) is 3.73. The number of thiocarbonyl (C=S) groups is 1. The van der Waals surface area contributed by atoms with Gasteiger partial charge in [-0.1, -0.05) is 70.0 Å². The number of hydrogen-bond donors (Lipinski definition) is 3. The lowest BCUT2D eigenvalue weighted by atomic mass is 10.1. The molecule has 0 saturated carbocycles. The standard InChI is InChI=1S/C31H27BrClN3O4S/c1-20(40-28-10-6-5-9-26(28)33)29(37)34-23-12-14-24(15-13-23)35-31(41)36-30(38)25-19-22(32)11-16-27(25)39-18-17-21-7-3-2-4-8-21/h2-16,19-20H,17-18H2,1H3,(H,34,37)(H2,35,36,38,41). The first kappa shape index (κ1) is 30.0. The molecule has 0 aliphatic rings. The third-order valence-electron chi connectivity index (χ3n) is 5.82. The average Bonchev–Trinajstić information content (AvgIpc) is 2.96. The van der Waals surface area contributed by atoms with Gasteiger partial charge in [0.25, 0.3) is 11.8 Å². The Morgan fingerprint density at radius 2 is 1.54 bits per heavy atom. The summed E-state index contributed by atoms with van der Waals surface area (Å²) in [5, 5.41) is 9.01. The van der Waals surface area contributed by atoms with Gasteiger partial charge >= 0.3 is 0 Å². The van der Waals surface area contributed by atoms with Crippen molar-refractivity contribution in [3.05, 3.63) is 118 Å². The van der Waals surface area contributed by atoms with Crippen molar-refractivity contribution < 1.29 is 19.1 Å². The van der Waals surface area contributed by atoms with E-state index in [1.54, 1.807) is 67.6 Å². The van der Waals surface area contributed by atoms with Crippen LogP contribution in [0.1, 0.15) is 22.8 Å². The van der Waals surface area contributed by atoms with E-state index >= 15 is 0 Å². The predicted molar refractivity (Wildman–Crippen MR) is 170 cm³/mol. The third-order valence-corrected chi connectivity index (χ3v) is 6.83. The van der Waals surface area contributed by atoms with Gasteiger partial charge in [-0.05, 0) is 79.3 Å². The summed E-state index contributed by atoms with van der Waals surface area (Å²) >= 11 is 14.9. The molecule has 210 valence electrons. The van der Waals surface area contributed by atoms with E-state index in [1.807, 2.05) is 36.4 Å². The van der Waals surface area contributed by atoms with Crippen molar-refractivity contribution in [1.29, 1.82) is 0 Å². The smallest absolute Gasteiger partial charge is 0.265 e. The summed E-state index contributed by atoms with van der Waals surface area (Å²) in [6.45, 7) is 2.06. The minimum absolute atomic E-state index is 0.115. The Kier molecular flexibility index (Phi) is 10.7. The fraction of sp³-hybridized carbons (Fsp3) is 0.129. The molecular formula is C31H27BrClN3O4S. The number of carbonyl (C=O) groups excluding carboxylic acids is 2. The summed E-state index contributed by atoms with van der Waals surface area (Å²) in [4.78, 5) is 25.6. The van der Waals surface area contributed by atoms with Crippen LogP contribution in [0.4, 0.5) is 11.4 Å². The van der Waals surface area contributed by atoms with Gasteiger partial charge in [-0.2, -0.15) is 0 Å². The molecule has 0 spiro atoms. The van der Waals surface area contributed by atoms with E-state index in [-0.39, 0.29) is 11.0 Å². The van der Waals surface area contributed by atoms with E-state index in [2.05, 4.69) is 31.9 Å². The maximum atomic E-state index is 13.0. The topological polar surface area (TPSA) is 88.7 Å². The van der Waals surface area contributed by atoms with Crippen LogP contribution in [0.25, 0.3) is 0 Å². The molecule has 0 bridgehead atoms. The van der Waals surface area contributed by atoms with Gasteiger partial charge in [-0.15, -0.1) is 0 Å². The van der Waals surface area contributed by atoms with E-state index in [0.717, 1.165) is 10.0 Å². The van der Waals surface area contributed by atoms with Gasteiger partial charge in [0.05, 0.1) is 17.2 Å². The molecule has 1 unspecified atom stereocenters. The number of rotatable bonds is 10. The molecule has 0 aliphatic heterocycles. The largest absolute Gasteiger partial charge is 0.492 e. The summed E-state index contributed by atoms with van der Waals surface area (Å²) in [5.41, 5.74) is 2.69. The zero-order valence-electron chi connectivity index (χ0n) is 22.0. The normalized spacial score (nSPS) is 11.2. The second kappa shape index (κ2) is 14.6. The van der Waals surface area contributed by atoms with Gasteiger partial charge in [0.1, 0.15) is 11.5 Å². The van der Waals surface area contributed by atoms with Crippen molar-refractivity contribution in [2.45, 2.75) is 19.4 Å². The van der Waals surface area contributed by atoms with Crippen molar-refractivity contribution in [3.63, 3.8) is 0 Å². The Labute approximate surface area is 257 Å². The van der Waals surface area contributed by atoms with E-state index in [4.69, 9.17) is 33.3 Å². The van der Waals surface area contributed by atoms with Crippen LogP contribution in [0.15, 0.2) is 102 Å². The van der Waals surface area contributed by atoms with E-state index in [0.29, 0.717) is 46.5 Å². The fourth-order valence-corrected chi connectivity index (χ4v) is 4.48. The highest BCUT2D eigenvalue weighted by Crippen LogP contribution is 2.25. The lowest BCUT2D eigenvalue weighted by Crippen LogP contribution is -2.34. The summed E-state index contributed by atoms with van der Waals surface area (Å²) in [6, 6.07) is 29.0. The predicted octanol–water partition coefficient (Wildman–Crippen LogP) is 7.26. The first-order valence-electron chi connectivity index (χ1n) is 12.7. The number of amides is 2. The van der Waals surface area contributed by atoms with Crippen molar-refractivity contribution in [2.75, 3.05) is 17.2 Å². The maximum Gasteiger partial charge on any atom is 0.265 e. The van der Waals surface area contributed by atoms with Crippen LogP contribution < -0.4 is 25.4 Å². The zero-order valence-corrected chi connectivity index (χ0v) is 25.2. The molecule has 2 amide bonds. The molecule has 41 heavy (non-hydrogen) atoms. The number of benzene rings is 4. The number of halogens is 2. The first-order chi connectivity index (χ1) is 19.8. The molecule has 1 atom stereocenters. The van der Waals surface area contributed by atoms with Gasteiger partial charge in [-0.25, -0.2) is 0 Å². The molecule has 0 heterocycles. The molecule has 4 aromatic rings. The zero-order chi connectivity index (χ0) is 29.2. The molecular weight excluding hydrogens is 626 g/mol. The van der Waals surface area contributed by atoms with Crippen LogP contribution in [-0.2, 0) is 11.2 Å². The van der Waals surface area contributed by atoms with Crippen LogP contribution in [-0.4, -0.2) is 29.6 Å². The minimum Gasteiger partial charge on any atom is -0.492 e. The average molecular weight is 653 g/mol. The molecule has 3 N–H and O–H groups in total. The number of anilines is 2. The van der Waals surface area contributed by atoms with Crippen LogP contribution in [0.5, 0.6) is 11.5 Å². The Morgan fingerprint density at radius 3 is 2.24 bits per heavy atom. The Bertz CT molecular complexity index is 1520. The summed E-state index contributed by atoms with van der Waals surface area (Å²) < 4.78 is 12.3. The molecule has 4 rings (SSSR count). The number of hydrogen-bond acceptors (Lipinski definition) is 5. The molecule has 7 nitrogen and oxygen atoms in total. The highest BCUT2D eigenvalue weighted by molar-refractivity contribution is 9.10. The Morgan fingerprint density at radius 1 is 0.878 bits per heavy atom. The minimum atomic E-state index is -0.763. The number of para-hydroxylation sites is 1. The highest BCUT2D eigenvalue weighted by Gasteiger charge is 2.17. The lowest BCUT2D eigenvalue weighted by Gasteiger charge is -2.16. The van der Waals surface area contributed by atoms with Crippen LogP contribution >= 0.6 is 39.7 Å². The van der Waals surface area contributed by atoms with E-state index in [9.17, 15) is 9.59 Å². The van der Waals surface area contributed by atoms with Crippen LogP contribution in [0, 0.1) is 0 Å². The van der Waals surface area contributed by atoms with Gasteiger partial charge in [0, 0.05) is 22.3 Å². The molecule has 10 heteroatoms. The molecule has 0 radical (unpaired) electrons. The molecule has 4 aromatic carbocycles. The van der Waals surface area contributed by atoms with Crippen molar-refractivity contribution in [1.82, 2.24) is 5.32 Å². The Balaban J connectivity index is 1.29. The second-order valence-corrected chi connectivity index (χ2v) is 10.6. The summed E-state index contributed by atoms with van der Waals surface area (Å²) in [7, 11) is 0. The highest BCUT2D eigenvalue weighted by atomic mass is 79.9. The van der Waals surface area contributed by atoms with Crippen LogP contribution in [0.2, 0.25) is 5.02 Å². The third kappa shape index (κ3) is 9.04. The molecule has 0 fully saturated rings. The number of carbonyl (C=O) groups is 2. The monoisotopic (exact) mass is 651 g/mol. The number of nitrogens with one attached hydrogen (secondary N) is 3. The maximum absolute atomic E-state index is 13.0. The van der Waals surface area contributed by atoms with Crippen molar-refractivity contribution in [3.8, 4) is 11.5 Å².